The molecule has 4 nitrogen and oxygen atoms in total. The molecule has 0 spiro atoms. The molecule has 56 heavy (non-hydrogen) atoms. The molecule has 7 aromatic carbocycles. The Morgan fingerprint density at radius 1 is 0.411 bits per heavy atom. The number of nitrogens with zero attached hydrogens (tertiary/aromatic N) is 4. The highest BCUT2D eigenvalue weighted by molar-refractivity contribution is 6.19. The summed E-state index contributed by atoms with van der Waals surface area (Å²) in [5.41, 5.74) is 11.8. The van der Waals surface area contributed by atoms with E-state index in [1.54, 1.807) is 12.2 Å². The Morgan fingerprint density at radius 2 is 0.875 bits per heavy atom. The van der Waals surface area contributed by atoms with Gasteiger partial charge >= 0.3 is 0 Å². The van der Waals surface area contributed by atoms with Gasteiger partial charge in [-0.25, -0.2) is 9.97 Å². The van der Waals surface area contributed by atoms with Crippen molar-refractivity contribution >= 4 is 43.6 Å². The fourth-order valence-electron chi connectivity index (χ4n) is 7.49. The highest BCUT2D eigenvalue weighted by atomic mass is 15.0. The van der Waals surface area contributed by atoms with E-state index in [1.807, 2.05) is 38.1 Å². The van der Waals surface area contributed by atoms with Crippen LogP contribution >= 0.6 is 0 Å². The summed E-state index contributed by atoms with van der Waals surface area (Å²) in [6.45, 7) is 10.7. The van der Waals surface area contributed by atoms with Crippen LogP contribution in [0.15, 0.2) is 207 Å². The first-order valence-corrected chi connectivity index (χ1v) is 19.1. The molecule has 0 unspecified atom stereocenters. The number of benzene rings is 7. The average molecular weight is 723 g/mol. The monoisotopic (exact) mass is 722 g/mol. The number of rotatable bonds is 6. The number of hydrogen-bond donors (Lipinski definition) is 0. The predicted octanol–water partition coefficient (Wildman–Crippen LogP) is 14.1. The lowest BCUT2D eigenvalue weighted by Gasteiger charge is -2.15. The van der Waals surface area contributed by atoms with E-state index < -0.39 is 0 Å². The van der Waals surface area contributed by atoms with Crippen molar-refractivity contribution in [2.75, 3.05) is 0 Å². The lowest BCUT2D eigenvalue weighted by Crippen LogP contribution is -2.00. The maximum atomic E-state index is 5.23. The van der Waals surface area contributed by atoms with Crippen LogP contribution < -0.4 is 0 Å². The van der Waals surface area contributed by atoms with Crippen LogP contribution in [-0.4, -0.2) is 19.1 Å². The third-order valence-corrected chi connectivity index (χ3v) is 9.90. The topological polar surface area (TPSA) is 35.6 Å². The number of allylic oxidation sites excluding steroid dienone is 2. The minimum absolute atomic E-state index is 0.703. The van der Waals surface area contributed by atoms with E-state index in [9.17, 15) is 0 Å². The molecule has 0 N–H and O–H groups in total. The van der Waals surface area contributed by atoms with Gasteiger partial charge in [-0.2, -0.15) is 0 Å². The molecule has 270 valence electrons. The molecule has 0 saturated heterocycles. The molecule has 0 aliphatic heterocycles. The first-order chi connectivity index (χ1) is 27.7. The zero-order valence-corrected chi connectivity index (χ0v) is 31.7. The number of aromatic nitrogens is 4. The zero-order valence-electron chi connectivity index (χ0n) is 31.7. The van der Waals surface area contributed by atoms with Crippen LogP contribution in [-0.2, 0) is 0 Å². The Hall–Kier alpha value is -7.30. The Labute approximate surface area is 328 Å². The minimum Gasteiger partial charge on any atom is -0.309 e. The van der Waals surface area contributed by atoms with Crippen LogP contribution in [0.5, 0.6) is 0 Å². The van der Waals surface area contributed by atoms with Gasteiger partial charge in [-0.1, -0.05) is 173 Å². The first-order valence-electron chi connectivity index (χ1n) is 19.1. The summed E-state index contributed by atoms with van der Waals surface area (Å²) in [6, 6.07) is 64.2. The number of hydrogen-bond acceptors (Lipinski definition) is 2. The lowest BCUT2D eigenvalue weighted by atomic mass is 10.0. The van der Waals surface area contributed by atoms with E-state index in [4.69, 9.17) is 9.97 Å². The summed E-state index contributed by atoms with van der Waals surface area (Å²) < 4.78 is 4.81. The Kier molecular flexibility index (Phi) is 10.2. The van der Waals surface area contributed by atoms with Gasteiger partial charge in [-0.15, -0.1) is 0 Å². The maximum absolute atomic E-state index is 5.23. The van der Waals surface area contributed by atoms with Crippen molar-refractivity contribution < 1.29 is 0 Å². The molecular formula is C52H42N4. The van der Waals surface area contributed by atoms with E-state index in [1.165, 1.54) is 32.6 Å². The summed E-state index contributed by atoms with van der Waals surface area (Å²) in [5.74, 6) is 0.703. The van der Waals surface area contributed by atoms with E-state index >= 15 is 0 Å². The summed E-state index contributed by atoms with van der Waals surface area (Å²) in [5, 5.41) is 4.87. The van der Waals surface area contributed by atoms with E-state index in [0.717, 1.165) is 50.5 Å². The second-order valence-electron chi connectivity index (χ2n) is 13.1. The Balaban J connectivity index is 0.000000694. The molecule has 0 aliphatic rings. The van der Waals surface area contributed by atoms with Crippen molar-refractivity contribution in [3.05, 3.63) is 207 Å². The van der Waals surface area contributed by atoms with Gasteiger partial charge in [0.05, 0.1) is 39.1 Å². The van der Waals surface area contributed by atoms with Crippen LogP contribution in [0.3, 0.4) is 0 Å². The molecule has 10 aromatic rings. The van der Waals surface area contributed by atoms with Gasteiger partial charge in [-0.3, -0.25) is 0 Å². The van der Waals surface area contributed by atoms with Gasteiger partial charge in [0.2, 0.25) is 0 Å². The SMILES string of the molecule is C=CC=C.CC.c1ccc(-c2cc(-c3ccccc3-n3c4ccccc4c4cc5c(cc43)c3ccccc3n5-c3ccccc3)nc(-c3ccccc3)n2)cc1. The van der Waals surface area contributed by atoms with Gasteiger partial charge in [0.1, 0.15) is 0 Å². The fraction of sp³-hybridized carbons (Fsp3) is 0.0385. The molecule has 0 aliphatic carbocycles. The molecule has 3 heterocycles. The first kappa shape index (κ1) is 35.7. The summed E-state index contributed by atoms with van der Waals surface area (Å²) >= 11 is 0. The van der Waals surface area contributed by atoms with Gasteiger partial charge in [0.15, 0.2) is 5.82 Å². The molecule has 0 atom stereocenters. The molecule has 0 saturated carbocycles. The van der Waals surface area contributed by atoms with Gasteiger partial charge in [-0.05, 0) is 48.5 Å². The van der Waals surface area contributed by atoms with Gasteiger partial charge in [0, 0.05) is 43.9 Å². The number of fused-ring (bicyclic) bond motifs is 6. The van der Waals surface area contributed by atoms with Crippen LogP contribution in [0, 0.1) is 0 Å². The third-order valence-electron chi connectivity index (χ3n) is 9.90. The molecule has 3 aromatic heterocycles. The summed E-state index contributed by atoms with van der Waals surface area (Å²) in [4.78, 5) is 10.3. The molecule has 0 fully saturated rings. The maximum Gasteiger partial charge on any atom is 0.160 e. The lowest BCUT2D eigenvalue weighted by molar-refractivity contribution is 1.15. The molecular weight excluding hydrogens is 681 g/mol. The molecule has 4 heteroatoms. The molecule has 10 rings (SSSR count). The minimum atomic E-state index is 0.703. The molecule has 0 radical (unpaired) electrons. The molecule has 0 bridgehead atoms. The van der Waals surface area contributed by atoms with Crippen molar-refractivity contribution in [1.82, 2.24) is 19.1 Å². The standard InChI is InChI=1S/C46H30N4.C4H6.C2H6/c1-4-16-31(17-5-1)39-30-40(48-46(47-39)32-18-6-2-7-19-32)36-24-12-15-27-43(36)50-42-26-14-11-23-35(42)38-28-44-37(29-45(38)50)34-22-10-13-25-41(34)49(44)33-20-8-3-9-21-33;1-3-4-2;1-2/h1-30H;3-4H,1-2H2;1-2H3. The van der Waals surface area contributed by atoms with Gasteiger partial charge in [0.25, 0.3) is 0 Å². The zero-order chi connectivity index (χ0) is 38.4. The van der Waals surface area contributed by atoms with Crippen LogP contribution in [0.2, 0.25) is 0 Å². The normalized spacial score (nSPS) is 10.8. The van der Waals surface area contributed by atoms with Crippen molar-refractivity contribution in [2.24, 2.45) is 0 Å². The van der Waals surface area contributed by atoms with Crippen molar-refractivity contribution in [3.63, 3.8) is 0 Å². The average Bonchev–Trinajstić information content (AvgIpc) is 3.79. The van der Waals surface area contributed by atoms with E-state index in [2.05, 4.69) is 180 Å². The largest absolute Gasteiger partial charge is 0.309 e. The Bertz CT molecular complexity index is 2890. The second-order valence-corrected chi connectivity index (χ2v) is 13.1. The third kappa shape index (κ3) is 6.48. The predicted molar refractivity (Wildman–Crippen MR) is 239 cm³/mol. The fourth-order valence-corrected chi connectivity index (χ4v) is 7.49. The van der Waals surface area contributed by atoms with Crippen LogP contribution in [0.1, 0.15) is 13.8 Å². The van der Waals surface area contributed by atoms with Gasteiger partial charge < -0.3 is 9.13 Å². The highest BCUT2D eigenvalue weighted by Gasteiger charge is 2.21. The smallest absolute Gasteiger partial charge is 0.160 e. The second kappa shape index (κ2) is 16.0. The number of para-hydroxylation sites is 4. The van der Waals surface area contributed by atoms with E-state index in [-0.39, 0.29) is 0 Å². The van der Waals surface area contributed by atoms with Crippen molar-refractivity contribution in [3.8, 4) is 45.3 Å². The van der Waals surface area contributed by atoms with E-state index in [0.29, 0.717) is 5.82 Å². The van der Waals surface area contributed by atoms with Crippen LogP contribution in [0.25, 0.3) is 88.9 Å². The van der Waals surface area contributed by atoms with Crippen LogP contribution in [0.4, 0.5) is 0 Å². The summed E-state index contributed by atoms with van der Waals surface area (Å²) in [6.07, 6.45) is 3.28. The quantitative estimate of drug-likeness (QED) is 0.160. The highest BCUT2D eigenvalue weighted by Crippen LogP contribution is 2.41. The molecule has 0 amide bonds. The van der Waals surface area contributed by atoms with Crippen molar-refractivity contribution in [2.45, 2.75) is 13.8 Å². The summed E-state index contributed by atoms with van der Waals surface area (Å²) in [7, 11) is 0. The Morgan fingerprint density at radius 3 is 1.48 bits per heavy atom. The van der Waals surface area contributed by atoms with Crippen molar-refractivity contribution in [1.29, 1.82) is 0 Å².